The zero-order valence-electron chi connectivity index (χ0n) is 11.6. The molecule has 0 radical (unpaired) electrons. The van der Waals surface area contributed by atoms with Gasteiger partial charge in [0.1, 0.15) is 0 Å². The Balaban J connectivity index is 1.81. The second-order valence-corrected chi connectivity index (χ2v) is 6.90. The van der Waals surface area contributed by atoms with Crippen molar-refractivity contribution in [2.24, 2.45) is 5.92 Å². The first kappa shape index (κ1) is 15.9. The van der Waals surface area contributed by atoms with Crippen LogP contribution in [0.1, 0.15) is 18.4 Å². The molecule has 6 nitrogen and oxygen atoms in total. The van der Waals surface area contributed by atoms with Gasteiger partial charge in [-0.15, -0.1) is 0 Å². The van der Waals surface area contributed by atoms with E-state index in [0.717, 1.165) is 0 Å². The van der Waals surface area contributed by atoms with Gasteiger partial charge >= 0.3 is 5.97 Å². The van der Waals surface area contributed by atoms with Crippen LogP contribution in [0.3, 0.4) is 0 Å². The molecule has 0 atom stereocenters. The molecule has 2 rings (SSSR count). The van der Waals surface area contributed by atoms with E-state index in [0.29, 0.717) is 24.7 Å². The van der Waals surface area contributed by atoms with Gasteiger partial charge in [0.05, 0.1) is 17.9 Å². The van der Waals surface area contributed by atoms with Crippen LogP contribution in [0.25, 0.3) is 0 Å². The Morgan fingerprint density at radius 2 is 1.95 bits per heavy atom. The summed E-state index contributed by atoms with van der Waals surface area (Å²) in [7, 11) is -3.57. The van der Waals surface area contributed by atoms with Crippen molar-refractivity contribution in [3.63, 3.8) is 0 Å². The minimum atomic E-state index is -3.57. The number of carboxylic acids is 1. The summed E-state index contributed by atoms with van der Waals surface area (Å²) in [5.74, 6) is -0.292. The predicted molar refractivity (Wildman–Crippen MR) is 76.5 cm³/mol. The lowest BCUT2D eigenvalue weighted by Crippen LogP contribution is -2.27. The van der Waals surface area contributed by atoms with Crippen molar-refractivity contribution in [2.45, 2.75) is 24.2 Å². The maximum atomic E-state index is 12.0. The monoisotopic (exact) mass is 313 g/mol. The Hall–Kier alpha value is -1.44. The third-order valence-electron chi connectivity index (χ3n) is 3.18. The highest BCUT2D eigenvalue weighted by Gasteiger charge is 2.21. The van der Waals surface area contributed by atoms with Crippen LogP contribution in [-0.4, -0.2) is 39.3 Å². The maximum Gasteiger partial charge on any atom is 0.307 e. The van der Waals surface area contributed by atoms with E-state index in [1.54, 1.807) is 0 Å². The third kappa shape index (κ3) is 5.45. The zero-order chi connectivity index (χ0) is 15.3. The summed E-state index contributed by atoms with van der Waals surface area (Å²) < 4.78 is 31.8. The first-order valence-corrected chi connectivity index (χ1v) is 8.34. The molecule has 0 spiro atoms. The Labute approximate surface area is 124 Å². The maximum absolute atomic E-state index is 12.0. The summed E-state index contributed by atoms with van der Waals surface area (Å²) in [6, 6.07) is 5.83. The molecule has 1 aromatic rings. The molecule has 2 N–H and O–H groups in total. The zero-order valence-corrected chi connectivity index (χ0v) is 12.4. The van der Waals surface area contributed by atoms with Crippen molar-refractivity contribution < 1.29 is 23.1 Å². The van der Waals surface area contributed by atoms with Crippen LogP contribution in [0.15, 0.2) is 29.2 Å². The largest absolute Gasteiger partial charge is 0.481 e. The van der Waals surface area contributed by atoms with Gasteiger partial charge in [-0.05, 0) is 36.5 Å². The lowest BCUT2D eigenvalue weighted by molar-refractivity contribution is -0.136. The highest BCUT2D eigenvalue weighted by Crippen LogP contribution is 2.28. The normalized spacial score (nSPS) is 15.0. The number of hydrogen-bond donors (Lipinski definition) is 2. The van der Waals surface area contributed by atoms with Crippen molar-refractivity contribution in [1.82, 2.24) is 4.72 Å². The van der Waals surface area contributed by atoms with Gasteiger partial charge in [-0.25, -0.2) is 13.1 Å². The molecule has 1 aliphatic carbocycles. The van der Waals surface area contributed by atoms with E-state index in [2.05, 4.69) is 4.72 Å². The molecular formula is C14H19NO5S. The summed E-state index contributed by atoms with van der Waals surface area (Å²) in [4.78, 5) is 10.7. The molecule has 116 valence electrons. The summed E-state index contributed by atoms with van der Waals surface area (Å²) in [5.41, 5.74) is 0.564. The molecular weight excluding hydrogens is 294 g/mol. The average molecular weight is 313 g/mol. The van der Waals surface area contributed by atoms with Crippen LogP contribution in [0.5, 0.6) is 0 Å². The summed E-state index contributed by atoms with van der Waals surface area (Å²) >= 11 is 0. The first-order valence-electron chi connectivity index (χ1n) is 6.85. The summed E-state index contributed by atoms with van der Waals surface area (Å²) in [5, 5.41) is 8.66. The Morgan fingerprint density at radius 1 is 1.29 bits per heavy atom. The average Bonchev–Trinajstić information content (AvgIpc) is 3.22. The molecule has 0 unspecified atom stereocenters. The minimum absolute atomic E-state index is 0.122. The molecule has 1 fully saturated rings. The van der Waals surface area contributed by atoms with Gasteiger partial charge < -0.3 is 9.84 Å². The van der Waals surface area contributed by atoms with E-state index in [4.69, 9.17) is 9.84 Å². The first-order chi connectivity index (χ1) is 9.97. The van der Waals surface area contributed by atoms with Crippen LogP contribution in [0.4, 0.5) is 0 Å². The van der Waals surface area contributed by atoms with E-state index < -0.39 is 16.0 Å². The van der Waals surface area contributed by atoms with Crippen molar-refractivity contribution in [3.8, 4) is 0 Å². The molecule has 0 saturated heterocycles. The molecule has 0 aliphatic heterocycles. The molecule has 0 aromatic heterocycles. The molecule has 1 aromatic carbocycles. The second-order valence-electron chi connectivity index (χ2n) is 5.13. The molecule has 7 heteroatoms. The van der Waals surface area contributed by atoms with Crippen LogP contribution in [0, 0.1) is 5.92 Å². The van der Waals surface area contributed by atoms with Crippen molar-refractivity contribution >= 4 is 16.0 Å². The minimum Gasteiger partial charge on any atom is -0.481 e. The predicted octanol–water partition coefficient (Wildman–Crippen LogP) is 1.02. The van der Waals surface area contributed by atoms with Crippen LogP contribution in [-0.2, 0) is 26.0 Å². The Kier molecular flexibility index (Phi) is 5.33. The van der Waals surface area contributed by atoms with Gasteiger partial charge in [0.2, 0.25) is 10.0 Å². The van der Waals surface area contributed by atoms with E-state index in [1.165, 1.54) is 37.1 Å². The van der Waals surface area contributed by atoms with Crippen LogP contribution >= 0.6 is 0 Å². The molecule has 0 bridgehead atoms. The number of nitrogens with one attached hydrogen (secondary N) is 1. The van der Waals surface area contributed by atoms with Crippen LogP contribution in [0.2, 0.25) is 0 Å². The SMILES string of the molecule is O=C(O)Cc1ccc(S(=O)(=O)NCCOCC2CC2)cc1. The lowest BCUT2D eigenvalue weighted by atomic mass is 10.2. The number of sulfonamides is 1. The number of aliphatic carboxylic acids is 1. The summed E-state index contributed by atoms with van der Waals surface area (Å²) in [6.07, 6.45) is 2.28. The van der Waals surface area contributed by atoms with Crippen molar-refractivity contribution in [1.29, 1.82) is 0 Å². The number of rotatable bonds is 9. The van der Waals surface area contributed by atoms with E-state index in [9.17, 15) is 13.2 Å². The van der Waals surface area contributed by atoms with Gasteiger partial charge in [0, 0.05) is 13.2 Å². The quantitative estimate of drug-likeness (QED) is 0.664. The number of carbonyl (C=O) groups is 1. The van der Waals surface area contributed by atoms with E-state index >= 15 is 0 Å². The van der Waals surface area contributed by atoms with E-state index in [-0.39, 0.29) is 17.9 Å². The number of hydrogen-bond acceptors (Lipinski definition) is 4. The number of benzene rings is 1. The fraction of sp³-hybridized carbons (Fsp3) is 0.500. The van der Waals surface area contributed by atoms with Crippen molar-refractivity contribution in [2.75, 3.05) is 19.8 Å². The lowest BCUT2D eigenvalue weighted by Gasteiger charge is -2.08. The Bertz CT molecular complexity index is 578. The van der Waals surface area contributed by atoms with E-state index in [1.807, 2.05) is 0 Å². The van der Waals surface area contributed by atoms with Crippen LogP contribution < -0.4 is 4.72 Å². The molecule has 1 saturated carbocycles. The Morgan fingerprint density at radius 3 is 2.52 bits per heavy atom. The second kappa shape index (κ2) is 7.02. The molecule has 0 amide bonds. The molecule has 0 heterocycles. The smallest absolute Gasteiger partial charge is 0.307 e. The van der Waals surface area contributed by atoms with Gasteiger partial charge in [0.25, 0.3) is 0 Å². The molecule has 1 aliphatic rings. The highest BCUT2D eigenvalue weighted by molar-refractivity contribution is 7.89. The summed E-state index contributed by atoms with van der Waals surface area (Å²) in [6.45, 7) is 1.28. The fourth-order valence-electron chi connectivity index (χ4n) is 1.83. The van der Waals surface area contributed by atoms with Gasteiger partial charge in [-0.2, -0.15) is 0 Å². The van der Waals surface area contributed by atoms with Crippen molar-refractivity contribution in [3.05, 3.63) is 29.8 Å². The number of carboxylic acid groups (broad SMARTS) is 1. The standard InChI is InChI=1S/C14H19NO5S/c16-14(17)9-11-3-5-13(6-4-11)21(18,19)15-7-8-20-10-12-1-2-12/h3-6,12,15H,1-2,7-10H2,(H,16,17). The third-order valence-corrected chi connectivity index (χ3v) is 4.65. The highest BCUT2D eigenvalue weighted by atomic mass is 32.2. The molecule has 21 heavy (non-hydrogen) atoms. The van der Waals surface area contributed by atoms with Gasteiger partial charge in [-0.1, -0.05) is 12.1 Å². The fourth-order valence-corrected chi connectivity index (χ4v) is 2.84. The van der Waals surface area contributed by atoms with Gasteiger partial charge in [0.15, 0.2) is 0 Å². The topological polar surface area (TPSA) is 92.7 Å². The van der Waals surface area contributed by atoms with Gasteiger partial charge in [-0.3, -0.25) is 4.79 Å². The number of ether oxygens (including phenoxy) is 1.